The van der Waals surface area contributed by atoms with Crippen LogP contribution in [0.2, 0.25) is 0 Å². The molecule has 2 fully saturated rings. The van der Waals surface area contributed by atoms with Crippen LogP contribution in [0.1, 0.15) is 36.8 Å². The highest BCUT2D eigenvalue weighted by Crippen LogP contribution is 2.34. The van der Waals surface area contributed by atoms with Crippen molar-refractivity contribution in [3.8, 4) is 0 Å². The molecule has 0 aliphatic carbocycles. The van der Waals surface area contributed by atoms with E-state index in [4.69, 9.17) is 0 Å². The number of aromatic nitrogens is 2. The third-order valence-electron chi connectivity index (χ3n) is 5.66. The quantitative estimate of drug-likeness (QED) is 0.811. The first-order chi connectivity index (χ1) is 12.7. The van der Waals surface area contributed by atoms with Gasteiger partial charge in [0.15, 0.2) is 0 Å². The fourth-order valence-electron chi connectivity index (χ4n) is 4.23. The topological polar surface area (TPSA) is 49.3 Å². The van der Waals surface area contributed by atoms with Crippen molar-refractivity contribution >= 4 is 22.4 Å². The zero-order valence-electron chi connectivity index (χ0n) is 15.3. The van der Waals surface area contributed by atoms with Crippen LogP contribution in [0.15, 0.2) is 30.3 Å². The lowest BCUT2D eigenvalue weighted by Crippen LogP contribution is -2.56. The lowest BCUT2D eigenvalue weighted by atomic mass is 9.83. The van der Waals surface area contributed by atoms with Crippen LogP contribution in [-0.4, -0.2) is 46.7 Å². The van der Waals surface area contributed by atoms with Crippen LogP contribution in [0.3, 0.4) is 0 Å². The lowest BCUT2D eigenvalue weighted by Gasteiger charge is -2.47. The molecule has 2 aliphatic heterocycles. The third kappa shape index (κ3) is 3.61. The molecule has 0 radical (unpaired) electrons. The van der Waals surface area contributed by atoms with Crippen LogP contribution in [0.4, 0.5) is 5.13 Å². The first kappa shape index (κ1) is 17.5. The Morgan fingerprint density at radius 1 is 1.19 bits per heavy atom. The average Bonchev–Trinajstić information content (AvgIpc) is 3.17. The molecule has 6 heteroatoms. The molecule has 0 unspecified atom stereocenters. The Kier molecular flexibility index (Phi) is 5.20. The van der Waals surface area contributed by atoms with Gasteiger partial charge in [-0.3, -0.25) is 4.79 Å². The fraction of sp³-hybridized carbons (Fsp3) is 0.550. The van der Waals surface area contributed by atoms with Crippen molar-refractivity contribution in [2.75, 3.05) is 24.5 Å². The summed E-state index contributed by atoms with van der Waals surface area (Å²) in [7, 11) is 0. The number of rotatable bonds is 5. The van der Waals surface area contributed by atoms with E-state index in [2.05, 4.69) is 51.2 Å². The number of benzene rings is 1. The molecule has 3 heterocycles. The summed E-state index contributed by atoms with van der Waals surface area (Å²) in [6, 6.07) is 10.9. The molecule has 0 saturated carbocycles. The maximum atomic E-state index is 12.6. The number of likely N-dealkylation sites (tertiary alicyclic amines) is 1. The van der Waals surface area contributed by atoms with Crippen molar-refractivity contribution in [3.63, 3.8) is 0 Å². The Morgan fingerprint density at radius 2 is 2.04 bits per heavy atom. The van der Waals surface area contributed by atoms with Crippen LogP contribution in [0.5, 0.6) is 0 Å². The van der Waals surface area contributed by atoms with Crippen molar-refractivity contribution in [1.82, 2.24) is 15.1 Å². The molecule has 1 aromatic heterocycles. The molecule has 4 rings (SSSR count). The summed E-state index contributed by atoms with van der Waals surface area (Å²) < 4.78 is 0. The van der Waals surface area contributed by atoms with E-state index < -0.39 is 0 Å². The van der Waals surface area contributed by atoms with Gasteiger partial charge in [-0.25, -0.2) is 0 Å². The van der Waals surface area contributed by atoms with Gasteiger partial charge in [0.1, 0.15) is 5.01 Å². The molecular formula is C20H26N4OS. The van der Waals surface area contributed by atoms with E-state index in [1.807, 2.05) is 6.07 Å². The summed E-state index contributed by atoms with van der Waals surface area (Å²) in [5.41, 5.74) is 1.31. The predicted octanol–water partition coefficient (Wildman–Crippen LogP) is 3.16. The standard InChI is InChI=1S/C20H26N4OS/c1-2-18-21-22-20(26-18)23-12-11-17-16(14-23)8-9-19(25)24(17)13-10-15-6-4-3-5-7-15/h3-7,16-17H,2,8-14H2,1H3/t16-,17+/m0/s1. The molecule has 2 atom stereocenters. The SMILES string of the molecule is CCc1nnc(N2CC[C@@H]3[C@@H](CCC(=O)N3CCc3ccccc3)C2)s1. The minimum Gasteiger partial charge on any atom is -0.346 e. The Labute approximate surface area is 159 Å². The minimum atomic E-state index is 0.333. The van der Waals surface area contributed by atoms with Crippen molar-refractivity contribution in [1.29, 1.82) is 0 Å². The number of carbonyl (C=O) groups is 1. The number of hydrogen-bond donors (Lipinski definition) is 0. The summed E-state index contributed by atoms with van der Waals surface area (Å²) in [6.45, 7) is 4.92. The van der Waals surface area contributed by atoms with E-state index >= 15 is 0 Å². The number of aryl methyl sites for hydroxylation is 1. The van der Waals surface area contributed by atoms with Crippen LogP contribution in [0, 0.1) is 5.92 Å². The van der Waals surface area contributed by atoms with Gasteiger partial charge in [0, 0.05) is 32.1 Å². The van der Waals surface area contributed by atoms with Crippen molar-refractivity contribution in [2.24, 2.45) is 5.92 Å². The molecule has 2 aliphatic rings. The van der Waals surface area contributed by atoms with E-state index in [1.165, 1.54) is 5.56 Å². The molecule has 1 amide bonds. The van der Waals surface area contributed by atoms with Crippen LogP contribution in [0.25, 0.3) is 0 Å². The molecule has 0 bridgehead atoms. The van der Waals surface area contributed by atoms with Gasteiger partial charge in [0.2, 0.25) is 11.0 Å². The van der Waals surface area contributed by atoms with Gasteiger partial charge >= 0.3 is 0 Å². The summed E-state index contributed by atoms with van der Waals surface area (Å²) in [4.78, 5) is 17.1. The molecule has 0 spiro atoms. The molecule has 138 valence electrons. The zero-order valence-corrected chi connectivity index (χ0v) is 16.1. The fourth-order valence-corrected chi connectivity index (χ4v) is 5.04. The first-order valence-corrected chi connectivity index (χ1v) is 10.5. The number of amides is 1. The largest absolute Gasteiger partial charge is 0.346 e. The number of nitrogens with zero attached hydrogens (tertiary/aromatic N) is 4. The highest BCUT2D eigenvalue weighted by Gasteiger charge is 2.39. The van der Waals surface area contributed by atoms with Crippen molar-refractivity contribution < 1.29 is 4.79 Å². The summed E-state index contributed by atoms with van der Waals surface area (Å²) in [5, 5.41) is 10.8. The third-order valence-corrected chi connectivity index (χ3v) is 6.79. The Hall–Kier alpha value is -1.95. The zero-order chi connectivity index (χ0) is 17.9. The van der Waals surface area contributed by atoms with Crippen LogP contribution < -0.4 is 4.90 Å². The van der Waals surface area contributed by atoms with Gasteiger partial charge in [-0.05, 0) is 37.2 Å². The van der Waals surface area contributed by atoms with Crippen molar-refractivity contribution in [2.45, 2.75) is 45.1 Å². The molecule has 1 aromatic carbocycles. The van der Waals surface area contributed by atoms with E-state index in [9.17, 15) is 4.79 Å². The van der Waals surface area contributed by atoms with E-state index in [0.717, 1.165) is 55.5 Å². The Morgan fingerprint density at radius 3 is 2.81 bits per heavy atom. The Bertz CT molecular complexity index is 747. The molecular weight excluding hydrogens is 344 g/mol. The number of hydrogen-bond acceptors (Lipinski definition) is 5. The number of piperidine rings is 2. The second kappa shape index (κ2) is 7.74. The second-order valence-electron chi connectivity index (χ2n) is 7.26. The molecule has 2 aromatic rings. The predicted molar refractivity (Wildman–Crippen MR) is 104 cm³/mol. The maximum absolute atomic E-state index is 12.6. The van der Waals surface area contributed by atoms with E-state index in [0.29, 0.717) is 24.3 Å². The van der Waals surface area contributed by atoms with E-state index in [1.54, 1.807) is 11.3 Å². The van der Waals surface area contributed by atoms with Crippen LogP contribution >= 0.6 is 11.3 Å². The van der Waals surface area contributed by atoms with Gasteiger partial charge in [-0.2, -0.15) is 0 Å². The van der Waals surface area contributed by atoms with Gasteiger partial charge in [0.25, 0.3) is 0 Å². The summed E-state index contributed by atoms with van der Waals surface area (Å²) in [6.07, 6.45) is 4.60. The number of anilines is 1. The molecule has 2 saturated heterocycles. The monoisotopic (exact) mass is 370 g/mol. The van der Waals surface area contributed by atoms with Crippen molar-refractivity contribution in [3.05, 3.63) is 40.9 Å². The first-order valence-electron chi connectivity index (χ1n) is 9.65. The molecule has 0 N–H and O–H groups in total. The average molecular weight is 371 g/mol. The van der Waals surface area contributed by atoms with Crippen LogP contribution in [-0.2, 0) is 17.6 Å². The minimum absolute atomic E-state index is 0.333. The molecule has 26 heavy (non-hydrogen) atoms. The highest BCUT2D eigenvalue weighted by atomic mass is 32.1. The normalized spacial score (nSPS) is 23.2. The molecule has 5 nitrogen and oxygen atoms in total. The van der Waals surface area contributed by atoms with E-state index in [-0.39, 0.29) is 0 Å². The number of fused-ring (bicyclic) bond motifs is 1. The highest BCUT2D eigenvalue weighted by molar-refractivity contribution is 7.15. The summed E-state index contributed by atoms with van der Waals surface area (Å²) in [5.74, 6) is 0.881. The lowest BCUT2D eigenvalue weighted by molar-refractivity contribution is -0.139. The maximum Gasteiger partial charge on any atom is 0.222 e. The number of carbonyl (C=O) groups excluding carboxylic acids is 1. The smallest absolute Gasteiger partial charge is 0.222 e. The Balaban J connectivity index is 1.41. The van der Waals surface area contributed by atoms with Gasteiger partial charge in [0.05, 0.1) is 0 Å². The van der Waals surface area contributed by atoms with Gasteiger partial charge in [-0.15, -0.1) is 10.2 Å². The van der Waals surface area contributed by atoms with Gasteiger partial charge < -0.3 is 9.80 Å². The summed E-state index contributed by atoms with van der Waals surface area (Å²) >= 11 is 1.71. The second-order valence-corrected chi connectivity index (χ2v) is 8.30. The van der Waals surface area contributed by atoms with Gasteiger partial charge in [-0.1, -0.05) is 48.6 Å².